The van der Waals surface area contributed by atoms with Gasteiger partial charge in [0.1, 0.15) is 13.2 Å². The summed E-state index contributed by atoms with van der Waals surface area (Å²) in [5.41, 5.74) is 0. The van der Waals surface area contributed by atoms with Gasteiger partial charge >= 0.3 is 17.9 Å². The zero-order valence-electron chi connectivity index (χ0n) is 42.7. The molecule has 368 valence electrons. The Balaban J connectivity index is 4.31. The Morgan fingerprint density at radius 1 is 0.323 bits per heavy atom. The topological polar surface area (TPSA) is 78.9 Å². The summed E-state index contributed by atoms with van der Waals surface area (Å²) < 4.78 is 16.9. The van der Waals surface area contributed by atoms with Crippen molar-refractivity contribution in [3.05, 3.63) is 0 Å². The molecular formula is C56H108O6. The van der Waals surface area contributed by atoms with Crippen LogP contribution in [-0.4, -0.2) is 37.2 Å². The lowest BCUT2D eigenvalue weighted by atomic mass is 9.99. The number of unbranched alkanes of at least 4 members (excludes halogenated alkanes) is 30. The molecule has 0 aliphatic rings. The zero-order chi connectivity index (χ0) is 45.6. The molecule has 0 heterocycles. The first-order valence-corrected chi connectivity index (χ1v) is 27.7. The number of carbonyl (C=O) groups is 3. The highest BCUT2D eigenvalue weighted by Crippen LogP contribution is 2.19. The second-order valence-electron chi connectivity index (χ2n) is 20.2. The minimum absolute atomic E-state index is 0.0644. The van der Waals surface area contributed by atoms with E-state index in [0.29, 0.717) is 19.3 Å². The minimum Gasteiger partial charge on any atom is -0.462 e. The van der Waals surface area contributed by atoms with Crippen molar-refractivity contribution in [1.82, 2.24) is 0 Å². The number of ether oxygens (including phenoxy) is 3. The van der Waals surface area contributed by atoms with Crippen LogP contribution in [0.2, 0.25) is 0 Å². The highest BCUT2D eigenvalue weighted by atomic mass is 16.6. The van der Waals surface area contributed by atoms with Crippen LogP contribution >= 0.6 is 0 Å². The van der Waals surface area contributed by atoms with Gasteiger partial charge in [0.25, 0.3) is 0 Å². The Hall–Kier alpha value is -1.59. The predicted octanol–water partition coefficient (Wildman–Crippen LogP) is 17.9. The summed E-state index contributed by atoms with van der Waals surface area (Å²) in [7, 11) is 0. The molecule has 0 N–H and O–H groups in total. The molecule has 62 heavy (non-hydrogen) atoms. The second kappa shape index (κ2) is 47.4. The average molecular weight is 877 g/mol. The maximum Gasteiger partial charge on any atom is 0.306 e. The molecule has 6 heteroatoms. The van der Waals surface area contributed by atoms with E-state index in [1.807, 2.05) is 0 Å². The number of rotatable bonds is 49. The lowest BCUT2D eigenvalue weighted by Gasteiger charge is -2.18. The molecular weight excluding hydrogens is 769 g/mol. The Kier molecular flexibility index (Phi) is 46.2. The molecule has 0 radical (unpaired) electrons. The van der Waals surface area contributed by atoms with Gasteiger partial charge in [-0.1, -0.05) is 266 Å². The zero-order valence-corrected chi connectivity index (χ0v) is 42.7. The van der Waals surface area contributed by atoms with E-state index in [4.69, 9.17) is 14.2 Å². The van der Waals surface area contributed by atoms with Gasteiger partial charge in [-0.25, -0.2) is 0 Å². The Morgan fingerprint density at radius 3 is 0.839 bits per heavy atom. The fraction of sp³-hybridized carbons (Fsp3) is 0.946. The molecule has 0 aromatic carbocycles. The summed E-state index contributed by atoms with van der Waals surface area (Å²) >= 11 is 0. The molecule has 3 atom stereocenters. The molecule has 0 bridgehead atoms. The second-order valence-corrected chi connectivity index (χ2v) is 20.2. The summed E-state index contributed by atoms with van der Waals surface area (Å²) in [5.74, 6) is 1.72. The van der Waals surface area contributed by atoms with Crippen molar-refractivity contribution < 1.29 is 28.6 Å². The summed E-state index contributed by atoms with van der Waals surface area (Å²) in [5, 5.41) is 0. The lowest BCUT2D eigenvalue weighted by Crippen LogP contribution is -2.30. The van der Waals surface area contributed by atoms with Crippen LogP contribution in [0, 0.1) is 17.8 Å². The molecule has 0 aromatic heterocycles. The molecule has 0 fully saturated rings. The molecule has 0 aliphatic heterocycles. The van der Waals surface area contributed by atoms with Gasteiger partial charge in [-0.05, 0) is 37.0 Å². The lowest BCUT2D eigenvalue weighted by molar-refractivity contribution is -0.167. The van der Waals surface area contributed by atoms with Crippen molar-refractivity contribution in [3.63, 3.8) is 0 Å². The number of hydrogen-bond acceptors (Lipinski definition) is 6. The number of hydrogen-bond donors (Lipinski definition) is 0. The largest absolute Gasteiger partial charge is 0.462 e. The Bertz CT molecular complexity index is 964. The monoisotopic (exact) mass is 877 g/mol. The van der Waals surface area contributed by atoms with Gasteiger partial charge in [0.15, 0.2) is 6.10 Å². The van der Waals surface area contributed by atoms with E-state index in [1.165, 1.54) is 186 Å². The number of esters is 3. The third-order valence-electron chi connectivity index (χ3n) is 13.4. The molecule has 0 saturated carbocycles. The predicted molar refractivity (Wildman–Crippen MR) is 266 cm³/mol. The van der Waals surface area contributed by atoms with E-state index in [0.717, 1.165) is 75.5 Å². The van der Waals surface area contributed by atoms with Gasteiger partial charge < -0.3 is 14.2 Å². The maximum atomic E-state index is 12.8. The van der Waals surface area contributed by atoms with Crippen molar-refractivity contribution in [3.8, 4) is 0 Å². The normalized spacial score (nSPS) is 13.0. The van der Waals surface area contributed by atoms with Crippen LogP contribution < -0.4 is 0 Å². The first-order chi connectivity index (χ1) is 30.2. The van der Waals surface area contributed by atoms with Gasteiger partial charge in [0.05, 0.1) is 0 Å². The van der Waals surface area contributed by atoms with Gasteiger partial charge in [-0.2, -0.15) is 0 Å². The Labute approximate surface area is 387 Å². The van der Waals surface area contributed by atoms with Crippen molar-refractivity contribution in [2.45, 2.75) is 311 Å². The molecule has 0 rings (SSSR count). The van der Waals surface area contributed by atoms with Crippen LogP contribution in [0.15, 0.2) is 0 Å². The molecule has 6 nitrogen and oxygen atoms in total. The quantitative estimate of drug-likeness (QED) is 0.0344. The fourth-order valence-electron chi connectivity index (χ4n) is 8.40. The van der Waals surface area contributed by atoms with Gasteiger partial charge in [-0.15, -0.1) is 0 Å². The summed E-state index contributed by atoms with van der Waals surface area (Å²) in [6.07, 6.45) is 47.9. The molecule has 2 unspecified atom stereocenters. The van der Waals surface area contributed by atoms with Crippen LogP contribution in [0.5, 0.6) is 0 Å². The van der Waals surface area contributed by atoms with Gasteiger partial charge in [-0.3, -0.25) is 14.4 Å². The molecule has 0 spiro atoms. The van der Waals surface area contributed by atoms with Crippen LogP contribution in [0.3, 0.4) is 0 Å². The van der Waals surface area contributed by atoms with Crippen molar-refractivity contribution in [2.24, 2.45) is 17.8 Å². The first-order valence-electron chi connectivity index (χ1n) is 27.7. The van der Waals surface area contributed by atoms with Crippen LogP contribution in [0.25, 0.3) is 0 Å². The van der Waals surface area contributed by atoms with Crippen LogP contribution in [0.1, 0.15) is 305 Å². The van der Waals surface area contributed by atoms with E-state index in [2.05, 4.69) is 41.5 Å². The highest BCUT2D eigenvalue weighted by molar-refractivity contribution is 5.71. The molecule has 0 saturated heterocycles. The van der Waals surface area contributed by atoms with Crippen molar-refractivity contribution in [1.29, 1.82) is 0 Å². The van der Waals surface area contributed by atoms with E-state index in [1.54, 1.807) is 0 Å². The summed E-state index contributed by atoms with van der Waals surface area (Å²) in [4.78, 5) is 38.0. The van der Waals surface area contributed by atoms with E-state index in [9.17, 15) is 14.4 Å². The standard InChI is InChI=1S/C56H108O6/c1-7-51(5)43-37-31-25-19-15-11-9-10-12-16-21-29-35-41-47-56(59)62-53(49-61-55(58)46-40-34-28-23-22-26-32-38-44-52(6)8-2)48-60-54(57)45-39-33-27-20-17-13-14-18-24-30-36-42-50(3)4/h50-53H,7-49H2,1-6H3/t51?,52?,53-/m0/s1. The van der Waals surface area contributed by atoms with Crippen LogP contribution in [-0.2, 0) is 28.6 Å². The summed E-state index contributed by atoms with van der Waals surface area (Å²) in [6, 6.07) is 0. The minimum atomic E-state index is -0.763. The van der Waals surface area contributed by atoms with Crippen molar-refractivity contribution in [2.75, 3.05) is 13.2 Å². The smallest absolute Gasteiger partial charge is 0.306 e. The van der Waals surface area contributed by atoms with E-state index in [-0.39, 0.29) is 31.1 Å². The third kappa shape index (κ3) is 46.4. The molecule has 0 aliphatic carbocycles. The SMILES string of the molecule is CCC(C)CCCCCCCCCCCCCCCCC(=O)O[C@@H](COC(=O)CCCCCCCCCCCCCC(C)C)COC(=O)CCCCCCCCCCC(C)CC. The Morgan fingerprint density at radius 2 is 0.565 bits per heavy atom. The van der Waals surface area contributed by atoms with E-state index >= 15 is 0 Å². The van der Waals surface area contributed by atoms with E-state index < -0.39 is 6.10 Å². The molecule has 0 amide bonds. The third-order valence-corrected chi connectivity index (χ3v) is 13.4. The molecule has 0 aromatic rings. The number of carbonyl (C=O) groups excluding carboxylic acids is 3. The van der Waals surface area contributed by atoms with Crippen LogP contribution in [0.4, 0.5) is 0 Å². The van der Waals surface area contributed by atoms with Gasteiger partial charge in [0.2, 0.25) is 0 Å². The summed E-state index contributed by atoms with van der Waals surface area (Å²) in [6.45, 7) is 13.8. The average Bonchev–Trinajstić information content (AvgIpc) is 3.26. The first kappa shape index (κ1) is 60.4. The maximum absolute atomic E-state index is 12.8. The fourth-order valence-corrected chi connectivity index (χ4v) is 8.40. The van der Waals surface area contributed by atoms with Crippen molar-refractivity contribution >= 4 is 17.9 Å². The van der Waals surface area contributed by atoms with Gasteiger partial charge in [0, 0.05) is 19.3 Å². The highest BCUT2D eigenvalue weighted by Gasteiger charge is 2.19.